The van der Waals surface area contributed by atoms with Crippen molar-refractivity contribution in [2.24, 2.45) is 7.05 Å². The Morgan fingerprint density at radius 1 is 1.18 bits per heavy atom. The number of fused-ring (bicyclic) bond motifs is 1. The number of anilines is 1. The van der Waals surface area contributed by atoms with Gasteiger partial charge >= 0.3 is 6.01 Å². The van der Waals surface area contributed by atoms with Crippen LogP contribution in [0.3, 0.4) is 0 Å². The van der Waals surface area contributed by atoms with Gasteiger partial charge in [-0.1, -0.05) is 31.5 Å². The minimum absolute atomic E-state index is 0.0697. The first-order valence-electron chi connectivity index (χ1n) is 12.1. The molecule has 3 aromatic heterocycles. The zero-order chi connectivity index (χ0) is 28.9. The number of halogens is 2. The number of amides is 1. The van der Waals surface area contributed by atoms with Crippen molar-refractivity contribution >= 4 is 23.2 Å². The molecule has 0 saturated carbocycles. The molecule has 0 saturated heterocycles. The number of ether oxygens (including phenoxy) is 2. The van der Waals surface area contributed by atoms with Crippen LogP contribution in [0.4, 0.5) is 10.1 Å². The summed E-state index contributed by atoms with van der Waals surface area (Å²) in [5.74, 6) is -1.28. The predicted molar refractivity (Wildman–Crippen MR) is 143 cm³/mol. The van der Waals surface area contributed by atoms with Gasteiger partial charge in [0.25, 0.3) is 11.5 Å². The van der Waals surface area contributed by atoms with Crippen molar-refractivity contribution in [3.63, 3.8) is 0 Å². The molecule has 0 fully saturated rings. The largest absolute Gasteiger partial charge is 0.479 e. The van der Waals surface area contributed by atoms with Crippen molar-refractivity contribution in [3.8, 4) is 23.6 Å². The summed E-state index contributed by atoms with van der Waals surface area (Å²) in [5, 5.41) is 13.8. The van der Waals surface area contributed by atoms with E-state index in [1.807, 2.05) is 19.9 Å². The average molecular weight is 564 g/mol. The van der Waals surface area contributed by atoms with Gasteiger partial charge in [-0.25, -0.2) is 14.1 Å². The third-order valence-corrected chi connectivity index (χ3v) is 6.88. The SMILES string of the molecule is COc1ncc(-n2nc3c(c2C(C)C)C(c2ccc(C#N)cc2F)N(c2cc(Cl)c(=O)n(C)c2)C3=O)c(OC)n1. The van der Waals surface area contributed by atoms with E-state index in [1.165, 1.54) is 66.0 Å². The van der Waals surface area contributed by atoms with Gasteiger partial charge in [0.15, 0.2) is 5.69 Å². The van der Waals surface area contributed by atoms with E-state index in [2.05, 4.69) is 15.1 Å². The maximum atomic E-state index is 15.6. The number of nitrogens with zero attached hydrogens (tertiary/aromatic N) is 7. The molecular weight excluding hydrogens is 541 g/mol. The van der Waals surface area contributed by atoms with Crippen LogP contribution in [0.1, 0.15) is 58.7 Å². The number of benzene rings is 1. The van der Waals surface area contributed by atoms with Crippen LogP contribution in [0.15, 0.2) is 41.5 Å². The highest BCUT2D eigenvalue weighted by molar-refractivity contribution is 6.30. The van der Waals surface area contributed by atoms with Gasteiger partial charge in [0.05, 0.1) is 49.5 Å². The first-order valence-corrected chi connectivity index (χ1v) is 12.5. The van der Waals surface area contributed by atoms with E-state index in [4.69, 9.17) is 21.1 Å². The van der Waals surface area contributed by atoms with E-state index in [-0.39, 0.29) is 45.3 Å². The molecular formula is C27H23ClFN7O4. The van der Waals surface area contributed by atoms with E-state index >= 15 is 4.39 Å². The topological polar surface area (TPSA) is 128 Å². The van der Waals surface area contributed by atoms with Crippen molar-refractivity contribution in [1.29, 1.82) is 5.26 Å². The van der Waals surface area contributed by atoms with E-state index in [0.29, 0.717) is 16.9 Å². The predicted octanol–water partition coefficient (Wildman–Crippen LogP) is 3.92. The van der Waals surface area contributed by atoms with Crippen LogP contribution in [-0.2, 0) is 7.05 Å². The quantitative estimate of drug-likeness (QED) is 0.345. The third-order valence-electron chi connectivity index (χ3n) is 6.60. The summed E-state index contributed by atoms with van der Waals surface area (Å²) in [6.07, 6.45) is 2.92. The lowest BCUT2D eigenvalue weighted by Gasteiger charge is -2.28. The Hall–Kier alpha value is -4.76. The molecule has 204 valence electrons. The zero-order valence-electron chi connectivity index (χ0n) is 22.1. The molecule has 4 heterocycles. The molecule has 13 heteroatoms. The standard InChI is InChI=1S/C27H23ClFN7O4/c1-13(2)22-20-21(33-36(22)19-11-31-27(40-5)32-24(19)39-4)26(38)35(15-9-17(28)25(37)34(3)12-15)23(20)16-7-6-14(10-30)8-18(16)29/h6-9,11-13,23H,1-5H3. The highest BCUT2D eigenvalue weighted by atomic mass is 35.5. The lowest BCUT2D eigenvalue weighted by atomic mass is 9.93. The van der Waals surface area contributed by atoms with Crippen LogP contribution < -0.4 is 19.9 Å². The van der Waals surface area contributed by atoms with Gasteiger partial charge in [-0.2, -0.15) is 15.3 Å². The second-order valence-corrected chi connectivity index (χ2v) is 9.76. The maximum absolute atomic E-state index is 15.6. The molecule has 0 aliphatic carbocycles. The smallest absolute Gasteiger partial charge is 0.319 e. The van der Waals surface area contributed by atoms with Crippen LogP contribution in [0.25, 0.3) is 5.69 Å². The molecule has 0 spiro atoms. The number of hydrogen-bond donors (Lipinski definition) is 0. The number of aryl methyl sites for hydroxylation is 1. The van der Waals surface area contributed by atoms with E-state index < -0.39 is 23.3 Å². The Kier molecular flexibility index (Phi) is 6.77. The van der Waals surface area contributed by atoms with Gasteiger partial charge in [0, 0.05) is 24.4 Å². The molecule has 0 radical (unpaired) electrons. The summed E-state index contributed by atoms with van der Waals surface area (Å²) in [7, 11) is 4.36. The molecule has 1 aliphatic rings. The van der Waals surface area contributed by atoms with Gasteiger partial charge < -0.3 is 14.0 Å². The van der Waals surface area contributed by atoms with Gasteiger partial charge in [-0.15, -0.1) is 0 Å². The van der Waals surface area contributed by atoms with Gasteiger partial charge in [-0.3, -0.25) is 14.5 Å². The first-order chi connectivity index (χ1) is 19.1. The number of carbonyl (C=O) groups excluding carboxylic acids is 1. The number of hydrogen-bond acceptors (Lipinski definition) is 8. The van der Waals surface area contributed by atoms with E-state index in [9.17, 15) is 14.9 Å². The average Bonchev–Trinajstić information content (AvgIpc) is 3.46. The Bertz CT molecular complexity index is 1750. The summed E-state index contributed by atoms with van der Waals surface area (Å²) in [6.45, 7) is 3.82. The number of carbonyl (C=O) groups is 1. The Morgan fingerprint density at radius 3 is 2.52 bits per heavy atom. The lowest BCUT2D eigenvalue weighted by molar-refractivity contribution is 0.0988. The highest BCUT2D eigenvalue weighted by Crippen LogP contribution is 2.46. The Balaban J connectivity index is 1.82. The fourth-order valence-corrected chi connectivity index (χ4v) is 5.12. The maximum Gasteiger partial charge on any atom is 0.319 e. The van der Waals surface area contributed by atoms with Gasteiger partial charge in [0.1, 0.15) is 16.5 Å². The molecule has 1 amide bonds. The lowest BCUT2D eigenvalue weighted by Crippen LogP contribution is -2.32. The minimum Gasteiger partial charge on any atom is -0.479 e. The molecule has 1 unspecified atom stereocenters. The summed E-state index contributed by atoms with van der Waals surface area (Å²) >= 11 is 6.20. The molecule has 1 atom stereocenters. The Morgan fingerprint density at radius 2 is 1.93 bits per heavy atom. The normalized spacial score (nSPS) is 14.4. The van der Waals surface area contributed by atoms with Crippen LogP contribution >= 0.6 is 11.6 Å². The molecule has 0 N–H and O–H groups in total. The van der Waals surface area contributed by atoms with Crippen molar-refractivity contribution < 1.29 is 18.7 Å². The highest BCUT2D eigenvalue weighted by Gasteiger charge is 2.46. The van der Waals surface area contributed by atoms with Gasteiger partial charge in [-0.05, 0) is 24.1 Å². The Labute approximate surface area is 233 Å². The fourth-order valence-electron chi connectivity index (χ4n) is 4.87. The summed E-state index contributed by atoms with van der Waals surface area (Å²) in [4.78, 5) is 36.1. The minimum atomic E-state index is -1.000. The zero-order valence-corrected chi connectivity index (χ0v) is 22.9. The van der Waals surface area contributed by atoms with Crippen LogP contribution in [0, 0.1) is 17.1 Å². The number of rotatable bonds is 6. The van der Waals surface area contributed by atoms with Crippen LogP contribution in [-0.4, -0.2) is 44.4 Å². The van der Waals surface area contributed by atoms with E-state index in [0.717, 1.165) is 6.07 Å². The van der Waals surface area contributed by atoms with Crippen LogP contribution in [0.5, 0.6) is 11.9 Å². The molecule has 0 bridgehead atoms. The van der Waals surface area contributed by atoms with Crippen molar-refractivity contribution in [1.82, 2.24) is 24.3 Å². The van der Waals surface area contributed by atoms with Crippen LogP contribution in [0.2, 0.25) is 5.02 Å². The second-order valence-electron chi connectivity index (χ2n) is 9.35. The summed E-state index contributed by atoms with van der Waals surface area (Å²) in [6, 6.07) is 6.43. The third kappa shape index (κ3) is 4.15. The first kappa shape index (κ1) is 26.8. The second kappa shape index (κ2) is 10.1. The number of pyridine rings is 1. The van der Waals surface area contributed by atoms with Crippen molar-refractivity contribution in [3.05, 3.63) is 85.9 Å². The number of nitriles is 1. The number of aromatic nitrogens is 5. The van der Waals surface area contributed by atoms with E-state index in [1.54, 1.807) is 0 Å². The molecule has 4 aromatic rings. The molecule has 40 heavy (non-hydrogen) atoms. The summed E-state index contributed by atoms with van der Waals surface area (Å²) in [5.41, 5.74) is 1.54. The fraction of sp³-hybridized carbons (Fsp3) is 0.259. The molecule has 1 aromatic carbocycles. The van der Waals surface area contributed by atoms with Crippen molar-refractivity contribution in [2.45, 2.75) is 25.8 Å². The molecule has 1 aliphatic heterocycles. The monoisotopic (exact) mass is 563 g/mol. The van der Waals surface area contributed by atoms with Crippen molar-refractivity contribution in [2.75, 3.05) is 19.1 Å². The summed E-state index contributed by atoms with van der Waals surface area (Å²) < 4.78 is 29.0. The molecule has 11 nitrogen and oxygen atoms in total. The van der Waals surface area contributed by atoms with Gasteiger partial charge in [0.2, 0.25) is 5.88 Å². The molecule has 5 rings (SSSR count). The number of methoxy groups -OCH3 is 2.